The van der Waals surface area contributed by atoms with E-state index in [1.165, 1.54) is 83.1 Å². The van der Waals surface area contributed by atoms with Crippen LogP contribution in [0.5, 0.6) is 0 Å². The van der Waals surface area contributed by atoms with Gasteiger partial charge in [-0.25, -0.2) is 58.0 Å². The molecule has 9 aromatic rings. The molecule has 3 saturated carbocycles. The van der Waals surface area contributed by atoms with E-state index in [4.69, 9.17) is 67.4 Å². The van der Waals surface area contributed by atoms with Gasteiger partial charge in [-0.05, 0) is 51.3 Å². The van der Waals surface area contributed by atoms with Gasteiger partial charge in [-0.15, -0.1) is 0 Å². The smallest absolute Gasteiger partial charge is 0.274 e. The molecule has 9 aromatic heterocycles. The van der Waals surface area contributed by atoms with Crippen LogP contribution in [0.25, 0.3) is 33.5 Å². The number of aliphatic hydroxyl groups excluding tert-OH is 8. The van der Waals surface area contributed by atoms with E-state index in [-0.39, 0.29) is 99.7 Å². The minimum absolute atomic E-state index is 0.000891. The third-order valence-electron chi connectivity index (χ3n) is 22.4. The SMILES string of the molecule is CC(=O)c1ccc[n+](C2CC(COP(=O)([O-])OP(=O)([O-])OCC3OC(n4cnc5c(N)ncnc54)C4OP(=O)([O-])OC34)C(O)C2O)c1.CC(=O)c1ccc[n+](C2CCC(COP(=O)([O-])OP(=O)([O-])OCC3OC(n4cnc5c(N)ncnc54)C(O)C3O)C2)c1.[BH3-]P(=O)(OCC1OC(n2cnc3c(N)ncnc32)C(O)C1O)OP(=O)([O-])OCC1CC([n+]2cccc(C(C)=O)c2)C(O)C1O. The van der Waals surface area contributed by atoms with Gasteiger partial charge in [0.15, 0.2) is 133 Å². The standard InChI is InChI=1S/C23H33BN6O12P2.C23H29N6O15P3.C23H30N6O11P2/c1-11(31)12-3-2-4-29(6-12)14-5-13(17(32)18(14)33)7-40-44(37,38)42-43(24,36)39-8-15-19(34)20(35)23(41-15)30-10-28-16-21(25)26-9-27-22(16)30;1-11(30)12-3-2-4-28(6-12)14-5-13(17(31)18(14)32)7-39-45(33,34)44-46(35,36)40-8-15-19-20(43-47(37,38)42-19)23(41-15)29-10-27-16-21(24)25-9-26-22(16)29;1-13(30)15-3-2-6-28(8-15)16-5-4-14(7-16)9-37-41(33,34)40-42(35,36)38-10-17-19(31)20(32)23(39-17)29-12-27-18-21(24)25-11-26-22(18)29/h2-4,6,9-10,13-15,17-20,23,32-35H,5,7-8H2,1,24H3,(H,37,38)(H2,25,26,27);2-4,6,9-10,13-15,17-20,23,31-32H,5,7-8H2,1H3,(H4-,24,25,26,33,34,35,36,37,38);2-3,6,8,11-12,14,16-17,19-20,23,31-32H,4-5,7,9-10H2,1H3,(H3-,24,25,26,33,34,35,36)/p-4. The van der Waals surface area contributed by atoms with Gasteiger partial charge in [0.1, 0.15) is 103 Å². The second-order valence-electron chi connectivity index (χ2n) is 31.2. The highest BCUT2D eigenvalue weighted by atomic mass is 31.3. The summed E-state index contributed by atoms with van der Waals surface area (Å²) in [5.41, 5.74) is 19.8. The molecule has 0 aromatic carbocycles. The van der Waals surface area contributed by atoms with Crippen molar-refractivity contribution in [1.29, 1.82) is 0 Å². The molecular weight excluding hydrogens is 1920 g/mol. The Bertz CT molecular complexity index is 6160. The van der Waals surface area contributed by atoms with Crippen LogP contribution >= 0.6 is 54.4 Å². The van der Waals surface area contributed by atoms with Gasteiger partial charge in [0.25, 0.3) is 46.9 Å². The number of aromatic nitrogens is 15. The van der Waals surface area contributed by atoms with E-state index in [2.05, 4.69) is 58.0 Å². The Morgan fingerprint density at radius 1 is 0.451 bits per heavy atom. The molecule has 0 radical (unpaired) electrons. The van der Waals surface area contributed by atoms with Crippen molar-refractivity contribution < 1.29 is 194 Å². The number of imidazole rings is 3. The maximum absolute atomic E-state index is 13.0. The summed E-state index contributed by atoms with van der Waals surface area (Å²) in [5.74, 6) is -2.33. The number of carbonyl (C=O) groups excluding carboxylic acids is 3. The van der Waals surface area contributed by atoms with E-state index < -0.39 is 217 Å². The molecule has 29 unspecified atom stereocenters. The number of pyridine rings is 3. The summed E-state index contributed by atoms with van der Waals surface area (Å²) in [6, 6.07) is 8.41. The zero-order chi connectivity index (χ0) is 96.1. The van der Waals surface area contributed by atoms with Crippen LogP contribution in [0.4, 0.5) is 17.5 Å². The van der Waals surface area contributed by atoms with E-state index in [0.717, 1.165) is 6.33 Å². The predicted molar refractivity (Wildman–Crippen MR) is 431 cm³/mol. The fraction of sp³-hybridized carbons (Fsp3) is 0.522. The van der Waals surface area contributed by atoms with Crippen molar-refractivity contribution in [2.75, 3.05) is 56.8 Å². The summed E-state index contributed by atoms with van der Waals surface area (Å²) in [5, 5.41) is 84.1. The Labute approximate surface area is 751 Å². The Kier molecular flexibility index (Phi) is 30.8. The summed E-state index contributed by atoms with van der Waals surface area (Å²) in [6.07, 6.45) is -3.20. The van der Waals surface area contributed by atoms with Crippen LogP contribution in [0.1, 0.15) is 121 Å². The quantitative estimate of drug-likeness (QED) is 0.00794. The van der Waals surface area contributed by atoms with Gasteiger partial charge in [-0.2, -0.15) is 9.13 Å². The molecule has 3 aliphatic carbocycles. The first-order valence-electron chi connectivity index (χ1n) is 39.7. The number of Topliss-reactive ketones (excluding diaryl/α,β-unsaturated/α-hetero) is 3. The van der Waals surface area contributed by atoms with Crippen LogP contribution < -0.4 is 60.3 Å². The number of hydrogen-bond donors (Lipinski definition) is 11. The maximum atomic E-state index is 13.0. The summed E-state index contributed by atoms with van der Waals surface area (Å²) in [7, 11) is -37.8. The lowest BCUT2D eigenvalue weighted by Crippen LogP contribution is -2.45. The molecular formula is C69H88BN18O38P7-4. The van der Waals surface area contributed by atoms with E-state index in [0.29, 0.717) is 36.0 Å². The van der Waals surface area contributed by atoms with Gasteiger partial charge in [0.2, 0.25) is 0 Å². The summed E-state index contributed by atoms with van der Waals surface area (Å²) in [6.45, 7) is 0.129. The lowest BCUT2D eigenvalue weighted by atomic mass is 10.1. The van der Waals surface area contributed by atoms with E-state index in [1.807, 2.05) is 10.8 Å². The molecule has 7 fully saturated rings. The minimum atomic E-state index is -5.70. The Morgan fingerprint density at radius 3 is 1.23 bits per heavy atom. The van der Waals surface area contributed by atoms with Gasteiger partial charge in [0.05, 0.1) is 95.1 Å². The molecule has 0 bridgehead atoms. The molecule has 4 saturated heterocycles. The average molecular weight is 2010 g/mol. The number of rotatable bonds is 33. The number of anilines is 3. The van der Waals surface area contributed by atoms with E-state index in [9.17, 15) is 117 Å². The lowest BCUT2D eigenvalue weighted by molar-refractivity contribution is -0.729. The first kappa shape index (κ1) is 101. The molecule has 16 rings (SSSR count). The number of nitrogen functional groups attached to an aromatic ring is 3. The Balaban J connectivity index is 0.000000161. The number of carbonyl (C=O) groups is 3. The Morgan fingerprint density at radius 2 is 0.805 bits per heavy atom. The van der Waals surface area contributed by atoms with Crippen LogP contribution in [0.3, 0.4) is 0 Å². The van der Waals surface area contributed by atoms with Gasteiger partial charge >= 0.3 is 0 Å². The molecule has 29 atom stereocenters. The third-order valence-corrected chi connectivity index (χ3v) is 30.7. The fourth-order valence-corrected chi connectivity index (χ4v) is 22.8. The first-order chi connectivity index (χ1) is 62.5. The molecule has 0 amide bonds. The monoisotopic (exact) mass is 2000 g/mol. The number of phosphoric acid groups is 6. The molecule has 7 aliphatic rings. The predicted octanol–water partition coefficient (Wildman–Crippen LogP) is -4.94. The topological polar surface area (TPSA) is 821 Å². The van der Waals surface area contributed by atoms with Crippen LogP contribution in [0, 0.1) is 17.8 Å². The molecule has 14 N–H and O–H groups in total. The highest BCUT2D eigenvalue weighted by Crippen LogP contribution is 2.62. The number of ketones is 3. The van der Waals surface area contributed by atoms with Crippen LogP contribution in [-0.4, -0.2) is 243 Å². The van der Waals surface area contributed by atoms with Gasteiger partial charge < -0.3 is 142 Å². The van der Waals surface area contributed by atoms with Crippen molar-refractivity contribution in [3.8, 4) is 0 Å². The molecule has 133 heavy (non-hydrogen) atoms. The zero-order valence-corrected chi connectivity index (χ0v) is 75.0. The summed E-state index contributed by atoms with van der Waals surface area (Å²) < 4.78 is 165. The number of fused-ring (bicyclic) bond motifs is 4. The molecule has 64 heteroatoms. The van der Waals surface area contributed by atoms with Crippen LogP contribution in [0.15, 0.2) is 112 Å². The highest BCUT2D eigenvalue weighted by molar-refractivity contribution is 7.83. The summed E-state index contributed by atoms with van der Waals surface area (Å²) >= 11 is 0. The largest absolute Gasteiger partial charge is 0.756 e. The van der Waals surface area contributed by atoms with E-state index >= 15 is 0 Å². The molecule has 56 nitrogen and oxygen atoms in total. The second-order valence-corrected chi connectivity index (χ2v) is 40.9. The minimum Gasteiger partial charge on any atom is -0.756 e. The maximum Gasteiger partial charge on any atom is 0.274 e. The van der Waals surface area contributed by atoms with E-state index in [1.54, 1.807) is 59.6 Å². The number of hydrogen-bond acceptors (Lipinski definition) is 50. The van der Waals surface area contributed by atoms with Crippen molar-refractivity contribution in [2.45, 2.75) is 169 Å². The molecule has 13 heterocycles. The molecule has 724 valence electrons. The van der Waals surface area contributed by atoms with Crippen molar-refractivity contribution in [1.82, 2.24) is 58.6 Å². The fourth-order valence-electron chi connectivity index (χ4n) is 15.8. The zero-order valence-electron chi connectivity index (χ0n) is 68.8. The van der Waals surface area contributed by atoms with Crippen molar-refractivity contribution >= 4 is 130 Å². The third kappa shape index (κ3) is 23.6. The van der Waals surface area contributed by atoms with Gasteiger partial charge in [-0.1, -0.05) is 0 Å². The lowest BCUT2D eigenvalue weighted by Gasteiger charge is -2.32. The molecule has 4 aliphatic heterocycles. The van der Waals surface area contributed by atoms with Crippen molar-refractivity contribution in [3.63, 3.8) is 0 Å². The van der Waals surface area contributed by atoms with Crippen molar-refractivity contribution in [2.24, 2.45) is 17.8 Å². The molecule has 0 spiro atoms. The first-order valence-corrected chi connectivity index (χ1v) is 49.5. The summed E-state index contributed by atoms with van der Waals surface area (Å²) in [4.78, 5) is 145. The van der Waals surface area contributed by atoms with Gasteiger partial charge in [-0.3, -0.25) is 59.8 Å². The Hall–Kier alpha value is -7.94. The normalized spacial score (nSPS) is 31.9. The number of nitrogens with two attached hydrogens (primary N) is 3. The number of ether oxygens (including phenoxy) is 3. The van der Waals surface area contributed by atoms with Gasteiger partial charge in [0, 0.05) is 55.7 Å². The number of aliphatic hydroxyl groups is 8. The van der Waals surface area contributed by atoms with Crippen LogP contribution in [0.2, 0.25) is 0 Å². The number of nitrogens with zero attached hydrogens (tertiary/aromatic N) is 15. The van der Waals surface area contributed by atoms with Crippen LogP contribution in [-0.2, 0) is 95.3 Å². The highest BCUT2D eigenvalue weighted by Gasteiger charge is 2.57. The second kappa shape index (κ2) is 40.6. The number of phosphoric ester groups is 6. The van der Waals surface area contributed by atoms with Crippen molar-refractivity contribution in [3.05, 3.63) is 128 Å². The average Bonchev–Trinajstić information content (AvgIpc) is 1.58.